The van der Waals surface area contributed by atoms with Crippen LogP contribution in [0.3, 0.4) is 0 Å². The Balaban J connectivity index is 3.50. The maximum Gasteiger partial charge on any atom is 0.175 e. The molecule has 1 aromatic heterocycles. The summed E-state index contributed by atoms with van der Waals surface area (Å²) in [6.07, 6.45) is 3.71. The molecule has 0 atom stereocenters. The first kappa shape index (κ1) is 21.6. The minimum absolute atomic E-state index is 0.0966. The lowest BCUT2D eigenvalue weighted by Crippen LogP contribution is -2.33. The normalized spacial score (nSPS) is 12.8. The van der Waals surface area contributed by atoms with Gasteiger partial charge in [-0.2, -0.15) is 0 Å². The second-order valence-corrected chi connectivity index (χ2v) is 6.73. The summed E-state index contributed by atoms with van der Waals surface area (Å²) in [6, 6.07) is 0. The number of nitrogens with zero attached hydrogens (tertiary/aromatic N) is 4. The standard InChI is InChI=1S/C18H27N7S/c1-7-14-13(4)16(26-8-2)18(21-9-10-25(5)6)22-15(14)11-12(3)17(19)23-24-20/h7-8,11H,2-3,9-10H2,1,4-6H3,(H,21,22)(H3,19,20,23)/b14-7-,15-11+. The van der Waals surface area contributed by atoms with Gasteiger partial charge in [-0.3, -0.25) is 5.41 Å². The summed E-state index contributed by atoms with van der Waals surface area (Å²) >= 11 is 1.54. The maximum absolute atomic E-state index is 7.80. The van der Waals surface area contributed by atoms with E-state index in [-0.39, 0.29) is 5.84 Å². The Bertz CT molecular complexity index is 825. The second-order valence-electron chi connectivity index (χ2n) is 5.75. The molecule has 26 heavy (non-hydrogen) atoms. The number of likely N-dealkylation sites (N-methyl/N-ethyl adjacent to an activating group) is 1. The molecule has 0 aliphatic rings. The molecule has 1 aromatic rings. The van der Waals surface area contributed by atoms with Crippen molar-refractivity contribution in [3.63, 3.8) is 0 Å². The summed E-state index contributed by atoms with van der Waals surface area (Å²) in [7, 11) is 4.05. The molecule has 0 saturated carbocycles. The highest BCUT2D eigenvalue weighted by molar-refractivity contribution is 8.02. The van der Waals surface area contributed by atoms with E-state index in [0.717, 1.165) is 34.6 Å². The van der Waals surface area contributed by atoms with Gasteiger partial charge in [-0.1, -0.05) is 36.2 Å². The number of nitrogens with one attached hydrogen (secondary N) is 2. The molecule has 1 heterocycles. The van der Waals surface area contributed by atoms with Gasteiger partial charge in [0.15, 0.2) is 5.84 Å². The highest BCUT2D eigenvalue weighted by atomic mass is 32.2. The van der Waals surface area contributed by atoms with Gasteiger partial charge in [0.2, 0.25) is 0 Å². The Kier molecular flexibility index (Phi) is 8.74. The Labute approximate surface area is 159 Å². The minimum Gasteiger partial charge on any atom is -0.368 e. The van der Waals surface area contributed by atoms with E-state index in [1.54, 1.807) is 11.5 Å². The smallest absolute Gasteiger partial charge is 0.175 e. The van der Waals surface area contributed by atoms with Crippen LogP contribution < -0.4 is 21.7 Å². The van der Waals surface area contributed by atoms with E-state index >= 15 is 0 Å². The fraction of sp³-hybridized carbons (Fsp3) is 0.333. The largest absolute Gasteiger partial charge is 0.368 e. The van der Waals surface area contributed by atoms with Crippen molar-refractivity contribution >= 4 is 35.6 Å². The predicted molar refractivity (Wildman–Crippen MR) is 112 cm³/mol. The minimum atomic E-state index is -0.0966. The van der Waals surface area contributed by atoms with Crippen LogP contribution >= 0.6 is 11.8 Å². The molecule has 0 saturated heterocycles. The number of hydrogen-bond donors (Lipinski definition) is 3. The molecule has 0 aliphatic carbocycles. The number of hydrogen-bond acceptors (Lipinski definition) is 6. The van der Waals surface area contributed by atoms with Crippen LogP contribution in [-0.2, 0) is 0 Å². The van der Waals surface area contributed by atoms with E-state index in [2.05, 4.69) is 33.7 Å². The summed E-state index contributed by atoms with van der Waals surface area (Å²) in [5.74, 6) is 5.70. The summed E-state index contributed by atoms with van der Waals surface area (Å²) in [6.45, 7) is 13.3. The van der Waals surface area contributed by atoms with Gasteiger partial charge >= 0.3 is 0 Å². The predicted octanol–water partition coefficient (Wildman–Crippen LogP) is 2.04. The molecule has 0 unspecified atom stereocenters. The van der Waals surface area contributed by atoms with Crippen molar-refractivity contribution in [3.8, 4) is 0 Å². The first-order valence-corrected chi connectivity index (χ1v) is 8.97. The third kappa shape index (κ3) is 5.82. The van der Waals surface area contributed by atoms with Crippen molar-refractivity contribution in [1.82, 2.24) is 9.88 Å². The second kappa shape index (κ2) is 10.5. The molecule has 4 N–H and O–H groups in total. The first-order valence-electron chi connectivity index (χ1n) is 8.09. The lowest BCUT2D eigenvalue weighted by atomic mass is 10.1. The zero-order chi connectivity index (χ0) is 19.7. The van der Waals surface area contributed by atoms with Gasteiger partial charge in [0, 0.05) is 23.9 Å². The molecular formula is C18H27N7S. The number of amidine groups is 1. The summed E-state index contributed by atoms with van der Waals surface area (Å²) < 4.78 is 0. The average Bonchev–Trinajstić information content (AvgIpc) is 2.58. The number of anilines is 1. The zero-order valence-corrected chi connectivity index (χ0v) is 16.7. The molecule has 1 rings (SSSR count). The van der Waals surface area contributed by atoms with Gasteiger partial charge in [0.25, 0.3) is 0 Å². The SMILES string of the molecule is C=CSc1c(NCCN(C)C)nc(=C/C(=C)C(=N)N=NN)/c(=C\C)c1C. The van der Waals surface area contributed by atoms with Crippen molar-refractivity contribution < 1.29 is 0 Å². The molecule has 7 nitrogen and oxygen atoms in total. The van der Waals surface area contributed by atoms with E-state index < -0.39 is 0 Å². The molecule has 0 radical (unpaired) electrons. The summed E-state index contributed by atoms with van der Waals surface area (Å²) in [4.78, 5) is 7.89. The maximum atomic E-state index is 7.80. The van der Waals surface area contributed by atoms with Crippen molar-refractivity contribution in [2.75, 3.05) is 32.5 Å². The molecule has 0 amide bonds. The molecule has 0 fully saturated rings. The first-order chi connectivity index (χ1) is 12.3. The summed E-state index contributed by atoms with van der Waals surface area (Å²) in [5.41, 5.74) is 1.48. The number of rotatable bonds is 8. The summed E-state index contributed by atoms with van der Waals surface area (Å²) in [5, 5.41) is 21.3. The number of pyridine rings is 1. The van der Waals surface area contributed by atoms with Crippen LogP contribution in [0, 0.1) is 12.3 Å². The van der Waals surface area contributed by atoms with Crippen LogP contribution in [0.25, 0.3) is 12.2 Å². The van der Waals surface area contributed by atoms with Crippen molar-refractivity contribution in [2.24, 2.45) is 16.2 Å². The fourth-order valence-corrected chi connectivity index (χ4v) is 2.98. The van der Waals surface area contributed by atoms with Gasteiger partial charge in [-0.15, -0.1) is 5.11 Å². The van der Waals surface area contributed by atoms with Crippen LogP contribution in [0.15, 0.2) is 39.4 Å². The highest BCUT2D eigenvalue weighted by Gasteiger charge is 2.10. The molecule has 0 aliphatic heterocycles. The van der Waals surface area contributed by atoms with E-state index in [1.165, 1.54) is 11.8 Å². The zero-order valence-electron chi connectivity index (χ0n) is 15.8. The van der Waals surface area contributed by atoms with Crippen molar-refractivity contribution in [3.05, 3.63) is 40.3 Å². The lowest BCUT2D eigenvalue weighted by Gasteiger charge is -2.15. The van der Waals surface area contributed by atoms with Crippen LogP contribution in [-0.4, -0.2) is 42.9 Å². The van der Waals surface area contributed by atoms with Gasteiger partial charge in [-0.05, 0) is 45.0 Å². The van der Waals surface area contributed by atoms with Crippen molar-refractivity contribution in [2.45, 2.75) is 18.7 Å². The molecular weight excluding hydrogens is 346 g/mol. The number of thioether (sulfide) groups is 1. The molecule has 140 valence electrons. The quantitative estimate of drug-likeness (QED) is 0.162. The molecule has 8 heteroatoms. The Morgan fingerprint density at radius 3 is 2.69 bits per heavy atom. The van der Waals surface area contributed by atoms with Crippen LogP contribution in [0.5, 0.6) is 0 Å². The monoisotopic (exact) mass is 373 g/mol. The van der Waals surface area contributed by atoms with E-state index in [4.69, 9.17) is 16.2 Å². The number of aromatic nitrogens is 1. The molecule has 0 spiro atoms. The third-order valence-corrected chi connectivity index (χ3v) is 4.48. The van der Waals surface area contributed by atoms with Crippen molar-refractivity contribution in [1.29, 1.82) is 5.41 Å². The van der Waals surface area contributed by atoms with Gasteiger partial charge < -0.3 is 16.1 Å². The van der Waals surface area contributed by atoms with Crippen LogP contribution in [0.1, 0.15) is 12.5 Å². The van der Waals surface area contributed by atoms with Gasteiger partial charge in [-0.25, -0.2) is 4.98 Å². The Hall–Kier alpha value is -2.45. The van der Waals surface area contributed by atoms with E-state index in [9.17, 15) is 0 Å². The third-order valence-electron chi connectivity index (χ3n) is 3.58. The number of nitrogens with two attached hydrogens (primary N) is 1. The Morgan fingerprint density at radius 2 is 2.15 bits per heavy atom. The van der Waals surface area contributed by atoms with Gasteiger partial charge in [0.1, 0.15) is 5.82 Å². The fourth-order valence-electron chi connectivity index (χ4n) is 2.30. The van der Waals surface area contributed by atoms with Crippen LogP contribution in [0.4, 0.5) is 5.82 Å². The van der Waals surface area contributed by atoms with Crippen LogP contribution in [0.2, 0.25) is 0 Å². The lowest BCUT2D eigenvalue weighted by molar-refractivity contribution is 0.425. The van der Waals surface area contributed by atoms with E-state index in [0.29, 0.717) is 10.9 Å². The average molecular weight is 374 g/mol. The van der Waals surface area contributed by atoms with Gasteiger partial charge in [0.05, 0.1) is 10.2 Å². The topological polar surface area (TPSA) is 103 Å². The molecule has 0 bridgehead atoms. The van der Waals surface area contributed by atoms with E-state index in [1.807, 2.05) is 34.0 Å². The molecule has 0 aromatic carbocycles. The highest BCUT2D eigenvalue weighted by Crippen LogP contribution is 2.26. The Morgan fingerprint density at radius 1 is 1.46 bits per heavy atom.